The molecule has 1 unspecified atom stereocenters. The third-order valence-electron chi connectivity index (χ3n) is 10.0. The van der Waals surface area contributed by atoms with Crippen LogP contribution < -0.4 is 16.0 Å². The lowest BCUT2D eigenvalue weighted by Gasteiger charge is -2.31. The Balaban J connectivity index is 0.000000574. The molecular formula is C40H54FN7O2S. The van der Waals surface area contributed by atoms with Gasteiger partial charge in [0, 0.05) is 37.5 Å². The summed E-state index contributed by atoms with van der Waals surface area (Å²) in [5.41, 5.74) is 11.9. The minimum absolute atomic E-state index is 0.0578. The number of likely N-dealkylation sites (N-methyl/N-ethyl adjacent to an activating group) is 1. The molecule has 2 saturated heterocycles. The summed E-state index contributed by atoms with van der Waals surface area (Å²) in [6.07, 6.45) is 6.04. The first-order chi connectivity index (χ1) is 24.6. The first kappa shape index (κ1) is 38.2. The molecule has 11 heteroatoms. The number of aryl methyl sites for hydroxylation is 1. The van der Waals surface area contributed by atoms with Crippen LogP contribution in [0.3, 0.4) is 0 Å². The molecule has 9 nitrogen and oxygen atoms in total. The number of rotatable bonds is 7. The molecule has 0 bridgehead atoms. The van der Waals surface area contributed by atoms with E-state index in [1.165, 1.54) is 18.9 Å². The van der Waals surface area contributed by atoms with Gasteiger partial charge in [-0.1, -0.05) is 67.4 Å². The van der Waals surface area contributed by atoms with Crippen molar-refractivity contribution in [2.24, 2.45) is 11.8 Å². The van der Waals surface area contributed by atoms with Gasteiger partial charge in [-0.05, 0) is 71.4 Å². The van der Waals surface area contributed by atoms with Crippen LogP contribution in [0.1, 0.15) is 103 Å². The minimum Gasteiger partial charge on any atom is -0.389 e. The fourth-order valence-electron chi connectivity index (χ4n) is 7.58. The maximum Gasteiger partial charge on any atom is 0.244 e. The molecule has 274 valence electrons. The van der Waals surface area contributed by atoms with Crippen LogP contribution in [0.15, 0.2) is 12.1 Å². The number of aromatic nitrogens is 2. The van der Waals surface area contributed by atoms with Gasteiger partial charge >= 0.3 is 0 Å². The number of nitriles is 1. The lowest BCUT2D eigenvalue weighted by atomic mass is 9.86. The van der Waals surface area contributed by atoms with Crippen molar-refractivity contribution in [3.05, 3.63) is 40.2 Å². The third-order valence-corrected chi connectivity index (χ3v) is 11.1. The van der Waals surface area contributed by atoms with Crippen LogP contribution in [-0.2, 0) is 29.2 Å². The van der Waals surface area contributed by atoms with Crippen molar-refractivity contribution in [1.29, 1.82) is 5.26 Å². The van der Waals surface area contributed by atoms with Crippen molar-refractivity contribution in [3.63, 3.8) is 0 Å². The number of nitrogen functional groups attached to an aromatic ring is 1. The predicted molar refractivity (Wildman–Crippen MR) is 209 cm³/mol. The molecule has 4 aromatic rings. The number of nitrogens with one attached hydrogen (secondary N) is 1. The predicted octanol–water partition coefficient (Wildman–Crippen LogP) is 9.04. The second-order valence-corrected chi connectivity index (χ2v) is 15.2. The first-order valence-electron chi connectivity index (χ1n) is 18.7. The van der Waals surface area contributed by atoms with Gasteiger partial charge in [0.1, 0.15) is 28.7 Å². The normalized spacial score (nSPS) is 18.4. The molecule has 5 heterocycles. The van der Waals surface area contributed by atoms with Crippen LogP contribution in [0.2, 0.25) is 0 Å². The highest BCUT2D eigenvalue weighted by molar-refractivity contribution is 7.23. The quantitative estimate of drug-likeness (QED) is 0.195. The van der Waals surface area contributed by atoms with Crippen LogP contribution in [-0.4, -0.2) is 53.5 Å². The van der Waals surface area contributed by atoms with Gasteiger partial charge in [-0.2, -0.15) is 10.2 Å². The van der Waals surface area contributed by atoms with Gasteiger partial charge in [0.15, 0.2) is 0 Å². The molecule has 2 fully saturated rings. The van der Waals surface area contributed by atoms with E-state index in [1.54, 1.807) is 11.0 Å². The summed E-state index contributed by atoms with van der Waals surface area (Å²) >= 11 is 1.10. The van der Waals surface area contributed by atoms with Gasteiger partial charge < -0.3 is 25.6 Å². The fraction of sp³-hybridized carbons (Fsp3) is 0.550. The first-order valence-corrected chi connectivity index (χ1v) is 19.5. The number of nitrogens with zero attached hydrogens (tertiary/aromatic N) is 5. The zero-order valence-electron chi connectivity index (χ0n) is 31.6. The molecule has 0 saturated carbocycles. The van der Waals surface area contributed by atoms with E-state index in [2.05, 4.69) is 50.9 Å². The van der Waals surface area contributed by atoms with Crippen molar-refractivity contribution in [2.75, 3.05) is 42.6 Å². The van der Waals surface area contributed by atoms with E-state index in [1.807, 2.05) is 20.9 Å². The summed E-state index contributed by atoms with van der Waals surface area (Å²) in [6.45, 7) is 18.2. The summed E-state index contributed by atoms with van der Waals surface area (Å²) in [7, 11) is 1.84. The molecule has 0 aliphatic carbocycles. The standard InChI is InChI=1S/C32H34FN7O2S.C6H14.C2H6/c1-4-17-24(18-7-8-22(33)28-25(18)19(12-34)29(35)43-28)20-14-42-15-21(20)26-27(17)37-32(40-11-9-16(2)13-40)38-30(26)36-23-6-5-10-39(3)31(23)41;1-4-5-6(2)3;1-2/h7-8,16,23H,4-6,9-11,13-15,35H2,1-3H3,(H,36,37,38);6H,4-5H2,1-3H3;1-2H3/t16?,23-;;/m1../s1. The van der Waals surface area contributed by atoms with Gasteiger partial charge in [-0.15, -0.1) is 11.3 Å². The number of nitrogens with two attached hydrogens (primary N) is 1. The number of thiophene rings is 1. The van der Waals surface area contributed by atoms with E-state index in [0.29, 0.717) is 58.0 Å². The lowest BCUT2D eigenvalue weighted by Crippen LogP contribution is -2.45. The van der Waals surface area contributed by atoms with E-state index in [4.69, 9.17) is 20.4 Å². The number of benzene rings is 2. The number of piperidine rings is 1. The van der Waals surface area contributed by atoms with Crippen LogP contribution in [0.4, 0.5) is 21.2 Å². The number of fused-ring (bicyclic) bond motifs is 4. The molecular weight excluding hydrogens is 662 g/mol. The van der Waals surface area contributed by atoms with Crippen molar-refractivity contribution in [3.8, 4) is 17.2 Å². The van der Waals surface area contributed by atoms with Crippen molar-refractivity contribution < 1.29 is 13.9 Å². The van der Waals surface area contributed by atoms with Gasteiger partial charge in [0.25, 0.3) is 0 Å². The molecule has 0 spiro atoms. The highest BCUT2D eigenvalue weighted by Crippen LogP contribution is 2.48. The average Bonchev–Trinajstić information content (AvgIpc) is 3.86. The molecule has 2 aromatic carbocycles. The Kier molecular flexibility index (Phi) is 12.4. The Hall–Kier alpha value is -4.01. The van der Waals surface area contributed by atoms with Crippen molar-refractivity contribution >= 4 is 55.0 Å². The monoisotopic (exact) mass is 715 g/mol. The number of carbonyl (C=O) groups excluding carboxylic acids is 1. The number of halogens is 1. The number of anilines is 3. The largest absolute Gasteiger partial charge is 0.389 e. The highest BCUT2D eigenvalue weighted by atomic mass is 32.1. The van der Waals surface area contributed by atoms with Gasteiger partial charge in [-0.25, -0.2) is 9.37 Å². The van der Waals surface area contributed by atoms with E-state index in [9.17, 15) is 10.1 Å². The number of carbonyl (C=O) groups is 1. The second kappa shape index (κ2) is 16.6. The zero-order chi connectivity index (χ0) is 37.0. The van der Waals surface area contributed by atoms with Gasteiger partial charge in [-0.3, -0.25) is 4.79 Å². The Morgan fingerprint density at radius 1 is 1.14 bits per heavy atom. The van der Waals surface area contributed by atoms with Crippen LogP contribution in [0, 0.1) is 29.0 Å². The number of amides is 1. The number of ether oxygens (including phenoxy) is 1. The van der Waals surface area contributed by atoms with Crippen LogP contribution in [0.5, 0.6) is 0 Å². The Labute approximate surface area is 306 Å². The summed E-state index contributed by atoms with van der Waals surface area (Å²) in [5.74, 6) is 2.37. The maximum absolute atomic E-state index is 15.1. The highest BCUT2D eigenvalue weighted by Gasteiger charge is 2.33. The summed E-state index contributed by atoms with van der Waals surface area (Å²) in [6, 6.07) is 5.05. The SMILES string of the molecule is CC.CCCC(C)C.CCc1c(-c2ccc(F)c3sc(N)c(C#N)c23)c2c(c3c(N[C@@H]4CCCN(C)C4=O)nc(N4CCC(C)C4)nc13)COC2. The zero-order valence-corrected chi connectivity index (χ0v) is 32.4. The Bertz CT molecular complexity index is 1930. The van der Waals surface area contributed by atoms with Gasteiger partial charge in [0.2, 0.25) is 11.9 Å². The second-order valence-electron chi connectivity index (χ2n) is 14.1. The fourth-order valence-corrected chi connectivity index (χ4v) is 8.53. The number of hydrogen-bond donors (Lipinski definition) is 2. The van der Waals surface area contributed by atoms with E-state index < -0.39 is 5.82 Å². The number of likely N-dealkylation sites (tertiary alicyclic amines) is 1. The van der Waals surface area contributed by atoms with E-state index in [0.717, 1.165) is 94.9 Å². The van der Waals surface area contributed by atoms with Crippen molar-refractivity contribution in [1.82, 2.24) is 14.9 Å². The molecule has 2 aromatic heterocycles. The van der Waals surface area contributed by atoms with Crippen LogP contribution >= 0.6 is 11.3 Å². The maximum atomic E-state index is 15.1. The molecule has 3 aliphatic heterocycles. The Morgan fingerprint density at radius 3 is 2.51 bits per heavy atom. The summed E-state index contributed by atoms with van der Waals surface area (Å²) in [4.78, 5) is 27.5. The van der Waals surface area contributed by atoms with Crippen molar-refractivity contribution in [2.45, 2.75) is 106 Å². The minimum atomic E-state index is -0.398. The molecule has 2 atom stereocenters. The van der Waals surface area contributed by atoms with E-state index in [-0.39, 0.29) is 11.9 Å². The van der Waals surface area contributed by atoms with Gasteiger partial charge in [0.05, 0.1) is 29.0 Å². The third kappa shape index (κ3) is 7.49. The molecule has 1 amide bonds. The molecule has 0 radical (unpaired) electrons. The Morgan fingerprint density at radius 2 is 1.88 bits per heavy atom. The molecule has 7 rings (SSSR count). The molecule has 51 heavy (non-hydrogen) atoms. The molecule has 3 N–H and O–H groups in total. The summed E-state index contributed by atoms with van der Waals surface area (Å²) in [5, 5.41) is 15.3. The van der Waals surface area contributed by atoms with E-state index >= 15 is 4.39 Å². The number of hydrogen-bond acceptors (Lipinski definition) is 9. The lowest BCUT2D eigenvalue weighted by molar-refractivity contribution is -0.132. The van der Waals surface area contributed by atoms with Crippen LogP contribution in [0.25, 0.3) is 32.1 Å². The topological polar surface area (TPSA) is 120 Å². The molecule has 3 aliphatic rings. The average molecular weight is 716 g/mol. The smallest absolute Gasteiger partial charge is 0.244 e. The summed E-state index contributed by atoms with van der Waals surface area (Å²) < 4.78 is 21.5.